The number of carbonyl (C=O) groups is 13. The van der Waals surface area contributed by atoms with Crippen LogP contribution in [0.15, 0.2) is 0 Å². The first-order valence-corrected chi connectivity index (χ1v) is 24.2. The lowest BCUT2D eigenvalue weighted by molar-refractivity contribution is -0.144. The topological polar surface area (TPSA) is 475 Å². The Balaban J connectivity index is 3.31. The molecule has 0 aromatic carbocycles. The van der Waals surface area contributed by atoms with Gasteiger partial charge in [-0.3, -0.25) is 57.5 Å². The molecule has 0 aromatic heterocycles. The smallest absolute Gasteiger partial charge is 0.326 e. The van der Waals surface area contributed by atoms with Crippen LogP contribution in [0.4, 0.5) is 0 Å². The van der Waals surface area contributed by atoms with Gasteiger partial charge in [-0.25, -0.2) is 4.79 Å². The molecule has 1 aliphatic rings. The quantitative estimate of drug-likeness (QED) is 0.0269. The van der Waals surface area contributed by atoms with Crippen LogP contribution in [0.1, 0.15) is 106 Å². The lowest BCUT2D eigenvalue weighted by Crippen LogP contribution is -2.61. The molecule has 0 bridgehead atoms. The highest BCUT2D eigenvalue weighted by molar-refractivity contribution is 5.99. The number of hydrogen-bond donors (Lipinski definition) is 15. The fourth-order valence-electron chi connectivity index (χ4n) is 7.52. The third-order valence-electron chi connectivity index (χ3n) is 11.5. The summed E-state index contributed by atoms with van der Waals surface area (Å²) in [6, 6.07) is -13.6. The van der Waals surface area contributed by atoms with E-state index in [9.17, 15) is 82.8 Å². The van der Waals surface area contributed by atoms with Crippen molar-refractivity contribution in [1.29, 1.82) is 0 Å². The minimum absolute atomic E-state index is 0.0389. The highest BCUT2D eigenvalue weighted by Crippen LogP contribution is 2.21. The molecule has 1 saturated heterocycles. The van der Waals surface area contributed by atoms with Gasteiger partial charge in [0.15, 0.2) is 0 Å². The van der Waals surface area contributed by atoms with Crippen molar-refractivity contribution >= 4 is 77.0 Å². The fraction of sp³-hybridized carbons (Fsp3) is 0.711. The minimum Gasteiger partial charge on any atom is -0.481 e. The van der Waals surface area contributed by atoms with Crippen LogP contribution in [-0.2, 0) is 62.3 Å². The van der Waals surface area contributed by atoms with Crippen molar-refractivity contribution in [2.24, 2.45) is 29.2 Å². The number of carboxylic acid groups (broad SMARTS) is 4. The highest BCUT2D eigenvalue weighted by atomic mass is 16.4. The molecule has 0 aliphatic carbocycles. The maximum Gasteiger partial charge on any atom is 0.326 e. The predicted octanol–water partition coefficient (Wildman–Crippen LogP) is -4.81. The molecule has 0 aromatic rings. The summed E-state index contributed by atoms with van der Waals surface area (Å²) in [7, 11) is 0. The van der Waals surface area contributed by atoms with E-state index in [4.69, 9.17) is 16.6 Å². The van der Waals surface area contributed by atoms with Crippen LogP contribution in [0.2, 0.25) is 0 Å². The van der Waals surface area contributed by atoms with Crippen LogP contribution in [0, 0.1) is 17.8 Å². The second kappa shape index (κ2) is 32.2. The number of carbonyl (C=O) groups excluding carboxylic acids is 9. The molecule has 0 unspecified atom stereocenters. The number of nitrogens with two attached hydrogens (primary N) is 2. The second-order valence-electron chi connectivity index (χ2n) is 18.9. The van der Waals surface area contributed by atoms with Gasteiger partial charge in [-0.1, -0.05) is 41.5 Å². The van der Waals surface area contributed by atoms with Crippen LogP contribution in [0.25, 0.3) is 0 Å². The van der Waals surface area contributed by atoms with Crippen molar-refractivity contribution < 1.29 is 87.9 Å². The number of likely N-dealkylation sites (tertiary alicyclic amines) is 1. The number of rotatable bonds is 34. The van der Waals surface area contributed by atoms with E-state index >= 15 is 0 Å². The van der Waals surface area contributed by atoms with Crippen LogP contribution in [-0.4, -0.2) is 188 Å². The Kier molecular flexibility index (Phi) is 28.3. The molecule has 9 atom stereocenters. The molecule has 74 heavy (non-hydrogen) atoms. The zero-order valence-corrected chi connectivity index (χ0v) is 42.5. The number of hydrogen-bond acceptors (Lipinski definition) is 16. The third kappa shape index (κ3) is 22.8. The largest absolute Gasteiger partial charge is 0.481 e. The number of unbranched alkanes of at least 4 members (excludes halogenated alkanes) is 1. The van der Waals surface area contributed by atoms with Crippen LogP contribution >= 0.6 is 0 Å². The van der Waals surface area contributed by atoms with E-state index in [0.717, 1.165) is 4.90 Å². The highest BCUT2D eigenvalue weighted by Gasteiger charge is 2.41. The molecule has 29 nitrogen and oxygen atoms in total. The van der Waals surface area contributed by atoms with Gasteiger partial charge in [0.25, 0.3) is 0 Å². The fourth-order valence-corrected chi connectivity index (χ4v) is 7.52. The standard InChI is InChI=1S/C45H75N11O18/c1-21(2)16-27(39(67)49-25(10-7-8-14-46)38(66)48-19-31(58)54-36(23(5)6)45(73)74)52-43(71)35(22(3)4)55-42(70)30-11-9-15-56(30)44(72)26(12-13-32(59)60)50-41(69)29(20-57)53-40(68)28(18-34(63)64)51-37(65)24(47)17-33(61)62/h21-30,35-36,57H,7-20,46-47H2,1-6H3,(H,48,66)(H,49,67)(H,50,69)(H,51,65)(H,52,71)(H,53,68)(H,54,58)(H,55,70)(H,59,60)(H,61,62)(H,63,64)(H,73,74)/t24-,25-,26-,27-,28-,29-,30-,35-,36-/m0/s1. The van der Waals surface area contributed by atoms with Gasteiger partial charge < -0.3 is 84.4 Å². The van der Waals surface area contributed by atoms with Crippen molar-refractivity contribution in [3.05, 3.63) is 0 Å². The predicted molar refractivity (Wildman–Crippen MR) is 257 cm³/mol. The van der Waals surface area contributed by atoms with Gasteiger partial charge in [0.05, 0.1) is 32.0 Å². The number of nitrogens with zero attached hydrogens (tertiary/aromatic N) is 1. The Morgan fingerprint density at radius 2 is 1.12 bits per heavy atom. The van der Waals surface area contributed by atoms with Gasteiger partial charge in [0, 0.05) is 13.0 Å². The van der Waals surface area contributed by atoms with Gasteiger partial charge in [-0.2, -0.15) is 0 Å². The number of carboxylic acids is 4. The number of aliphatic carboxylic acids is 4. The molecule has 0 radical (unpaired) electrons. The first-order valence-electron chi connectivity index (χ1n) is 24.2. The SMILES string of the molecule is CC(C)C[C@H](NC(=O)[C@@H](NC(=O)[C@@H]1CCCN1C(=O)[C@H](CCC(=O)O)NC(=O)[C@H](CO)NC(=O)[C@H](CC(=O)O)NC(=O)[C@@H](N)CC(=O)O)C(C)C)C(=O)N[C@@H](CCCCN)C(=O)NCC(=O)N[C@H](C(=O)O)C(C)C. The normalized spacial score (nSPS) is 16.5. The average molecular weight is 1060 g/mol. The summed E-state index contributed by atoms with van der Waals surface area (Å²) < 4.78 is 0. The summed E-state index contributed by atoms with van der Waals surface area (Å²) >= 11 is 0. The number of nitrogens with one attached hydrogen (secondary N) is 8. The molecule has 418 valence electrons. The minimum atomic E-state index is -1.94. The Bertz CT molecular complexity index is 2020. The van der Waals surface area contributed by atoms with Crippen molar-refractivity contribution in [3.63, 3.8) is 0 Å². The van der Waals surface area contributed by atoms with Crippen molar-refractivity contribution in [2.45, 2.75) is 160 Å². The van der Waals surface area contributed by atoms with E-state index in [-0.39, 0.29) is 44.7 Å². The number of aliphatic hydroxyl groups is 1. The zero-order chi connectivity index (χ0) is 56.6. The molecule has 1 aliphatic heterocycles. The third-order valence-corrected chi connectivity index (χ3v) is 11.5. The summed E-state index contributed by atoms with van der Waals surface area (Å²) in [5, 5.41) is 66.1. The van der Waals surface area contributed by atoms with E-state index in [1.165, 1.54) is 0 Å². The summed E-state index contributed by atoms with van der Waals surface area (Å²) in [6.45, 7) is 8.30. The molecule has 29 heteroatoms. The van der Waals surface area contributed by atoms with Gasteiger partial charge in [0.2, 0.25) is 53.2 Å². The lowest BCUT2D eigenvalue weighted by atomic mass is 9.99. The molecular weight excluding hydrogens is 983 g/mol. The maximum absolute atomic E-state index is 14.1. The van der Waals surface area contributed by atoms with Crippen molar-refractivity contribution in [3.8, 4) is 0 Å². The summed E-state index contributed by atoms with van der Waals surface area (Å²) in [6.07, 6.45) is -1.99. The van der Waals surface area contributed by atoms with Crippen LogP contribution < -0.4 is 54.0 Å². The molecule has 9 amide bonds. The van der Waals surface area contributed by atoms with E-state index < -0.39 is 182 Å². The Morgan fingerprint density at radius 3 is 1.65 bits per heavy atom. The second-order valence-corrected chi connectivity index (χ2v) is 18.9. The first-order chi connectivity index (χ1) is 34.5. The molecule has 17 N–H and O–H groups in total. The average Bonchev–Trinajstić information content (AvgIpc) is 3.80. The zero-order valence-electron chi connectivity index (χ0n) is 42.5. The van der Waals surface area contributed by atoms with Crippen molar-refractivity contribution in [2.75, 3.05) is 26.2 Å². The molecule has 1 rings (SSSR count). The van der Waals surface area contributed by atoms with Gasteiger partial charge in [-0.15, -0.1) is 0 Å². The van der Waals surface area contributed by atoms with Gasteiger partial charge >= 0.3 is 23.9 Å². The number of aliphatic hydroxyl groups excluding tert-OH is 1. The van der Waals surface area contributed by atoms with E-state index in [2.05, 4.69) is 31.9 Å². The lowest BCUT2D eigenvalue weighted by Gasteiger charge is -2.31. The van der Waals surface area contributed by atoms with E-state index in [1.807, 2.05) is 10.6 Å². The summed E-state index contributed by atoms with van der Waals surface area (Å²) in [5.41, 5.74) is 11.1. The summed E-state index contributed by atoms with van der Waals surface area (Å²) in [5.74, 6) is -15.9. The molecule has 1 fully saturated rings. The van der Waals surface area contributed by atoms with Gasteiger partial charge in [-0.05, 0) is 69.2 Å². The monoisotopic (exact) mass is 1060 g/mol. The molecule has 1 heterocycles. The Hall–Kier alpha value is -7.01. The molecule has 0 saturated carbocycles. The van der Waals surface area contributed by atoms with Crippen LogP contribution in [0.3, 0.4) is 0 Å². The van der Waals surface area contributed by atoms with Gasteiger partial charge in [0.1, 0.15) is 48.3 Å². The maximum atomic E-state index is 14.1. The van der Waals surface area contributed by atoms with E-state index in [0.29, 0.717) is 12.8 Å². The Morgan fingerprint density at radius 1 is 0.581 bits per heavy atom. The van der Waals surface area contributed by atoms with E-state index in [1.54, 1.807) is 41.5 Å². The Labute approximate surface area is 427 Å². The molecule has 0 spiro atoms. The molecular formula is C45H75N11O18. The van der Waals surface area contributed by atoms with Crippen molar-refractivity contribution in [1.82, 2.24) is 47.4 Å². The van der Waals surface area contributed by atoms with Crippen LogP contribution in [0.5, 0.6) is 0 Å². The number of amides is 9. The first kappa shape index (κ1) is 65.0. The summed E-state index contributed by atoms with van der Waals surface area (Å²) in [4.78, 5) is 168.